The summed E-state index contributed by atoms with van der Waals surface area (Å²) in [4.78, 5) is 22.9. The summed E-state index contributed by atoms with van der Waals surface area (Å²) in [6.07, 6.45) is 1.93. The molecular weight excluding hydrogens is 392 g/mol. The maximum Gasteiger partial charge on any atom is 0.263 e. The molecule has 152 valence electrons. The van der Waals surface area contributed by atoms with Crippen LogP contribution in [0.3, 0.4) is 0 Å². The van der Waals surface area contributed by atoms with Crippen molar-refractivity contribution in [2.24, 2.45) is 0 Å². The highest BCUT2D eigenvalue weighted by atomic mass is 32.1. The summed E-state index contributed by atoms with van der Waals surface area (Å²) in [5, 5.41) is 8.67. The zero-order valence-electron chi connectivity index (χ0n) is 17.5. The minimum Gasteiger partial charge on any atom is -0.381 e. The fourth-order valence-corrected chi connectivity index (χ4v) is 5.14. The Morgan fingerprint density at radius 1 is 1.20 bits per heavy atom. The quantitative estimate of drug-likeness (QED) is 0.454. The standard InChI is InChI=1S/C24H24N4OS/c1-12(2)19-9-13(3)16(11-25-19)18-6-5-15-17(28-18)7-8-20-21(15)22-23(30-20)24(29)27-14(4)10-26-22/h5-9,11-12,14,26H,10H2,1-4H3,(H,27,29)/t14-/m1/s1. The van der Waals surface area contributed by atoms with Crippen molar-refractivity contribution in [1.29, 1.82) is 0 Å². The van der Waals surface area contributed by atoms with E-state index in [0.717, 1.165) is 48.5 Å². The number of pyridine rings is 2. The minimum absolute atomic E-state index is 0.00614. The molecule has 2 N–H and O–H groups in total. The number of nitrogens with zero attached hydrogens (tertiary/aromatic N) is 2. The molecule has 1 atom stereocenters. The van der Waals surface area contributed by atoms with Gasteiger partial charge in [-0.2, -0.15) is 0 Å². The Morgan fingerprint density at radius 3 is 2.80 bits per heavy atom. The van der Waals surface area contributed by atoms with Gasteiger partial charge in [0.2, 0.25) is 0 Å². The van der Waals surface area contributed by atoms with E-state index in [1.165, 1.54) is 16.9 Å². The molecule has 30 heavy (non-hydrogen) atoms. The first-order valence-corrected chi connectivity index (χ1v) is 11.1. The Hall–Kier alpha value is -2.99. The molecule has 1 amide bonds. The molecule has 0 aliphatic carbocycles. The van der Waals surface area contributed by atoms with Crippen LogP contribution < -0.4 is 10.6 Å². The molecule has 0 unspecified atom stereocenters. The number of benzene rings is 1. The fraction of sp³-hybridized carbons (Fsp3) is 0.292. The number of aromatic nitrogens is 2. The molecule has 3 aromatic heterocycles. The number of thiophene rings is 1. The molecule has 6 heteroatoms. The van der Waals surface area contributed by atoms with Crippen LogP contribution in [-0.4, -0.2) is 28.5 Å². The highest BCUT2D eigenvalue weighted by Gasteiger charge is 2.24. The number of hydrogen-bond donors (Lipinski definition) is 2. The molecule has 1 aromatic carbocycles. The molecule has 0 radical (unpaired) electrons. The van der Waals surface area contributed by atoms with Crippen LogP contribution in [0.25, 0.3) is 32.2 Å². The summed E-state index contributed by atoms with van der Waals surface area (Å²) in [5.74, 6) is 0.394. The summed E-state index contributed by atoms with van der Waals surface area (Å²) in [6, 6.07) is 10.5. The monoisotopic (exact) mass is 416 g/mol. The van der Waals surface area contributed by atoms with Crippen molar-refractivity contribution >= 4 is 43.9 Å². The van der Waals surface area contributed by atoms with Gasteiger partial charge in [0.15, 0.2) is 0 Å². The predicted molar refractivity (Wildman–Crippen MR) is 125 cm³/mol. The average Bonchev–Trinajstić information content (AvgIpc) is 3.04. The smallest absolute Gasteiger partial charge is 0.263 e. The number of carbonyl (C=O) groups excluding carboxylic acids is 1. The second-order valence-corrected chi connectivity index (χ2v) is 9.39. The maximum absolute atomic E-state index is 12.6. The van der Waals surface area contributed by atoms with Gasteiger partial charge in [-0.15, -0.1) is 11.3 Å². The molecule has 0 saturated carbocycles. The summed E-state index contributed by atoms with van der Waals surface area (Å²) in [7, 11) is 0. The Labute approximate surface area is 179 Å². The molecule has 1 aliphatic rings. The zero-order valence-corrected chi connectivity index (χ0v) is 18.4. The van der Waals surface area contributed by atoms with E-state index in [2.05, 4.69) is 60.7 Å². The number of rotatable bonds is 2. The molecule has 4 aromatic rings. The van der Waals surface area contributed by atoms with Crippen molar-refractivity contribution < 1.29 is 4.79 Å². The Bertz CT molecular complexity index is 1310. The lowest BCUT2D eigenvalue weighted by Crippen LogP contribution is -2.34. The van der Waals surface area contributed by atoms with Gasteiger partial charge < -0.3 is 10.6 Å². The van der Waals surface area contributed by atoms with E-state index >= 15 is 0 Å². The van der Waals surface area contributed by atoms with Crippen LogP contribution >= 0.6 is 11.3 Å². The van der Waals surface area contributed by atoms with Gasteiger partial charge in [-0.3, -0.25) is 9.78 Å². The van der Waals surface area contributed by atoms with Gasteiger partial charge in [-0.05, 0) is 55.7 Å². The van der Waals surface area contributed by atoms with E-state index < -0.39 is 0 Å². The summed E-state index contributed by atoms with van der Waals surface area (Å²) in [5.41, 5.74) is 6.10. The van der Waals surface area contributed by atoms with Gasteiger partial charge in [0.05, 0.1) is 16.9 Å². The summed E-state index contributed by atoms with van der Waals surface area (Å²) < 4.78 is 1.10. The second-order valence-electron chi connectivity index (χ2n) is 8.34. The summed E-state index contributed by atoms with van der Waals surface area (Å²) in [6.45, 7) is 9.13. The Balaban J connectivity index is 1.66. The number of nitrogens with one attached hydrogen (secondary N) is 2. The first-order chi connectivity index (χ1) is 14.4. The first-order valence-electron chi connectivity index (χ1n) is 10.3. The number of anilines is 1. The molecule has 0 saturated heterocycles. The number of aryl methyl sites for hydroxylation is 1. The third kappa shape index (κ3) is 3.03. The molecule has 0 fully saturated rings. The summed E-state index contributed by atoms with van der Waals surface area (Å²) >= 11 is 1.53. The SMILES string of the molecule is Cc1cc(C(C)C)ncc1-c1ccc2c(ccc3sc4c(c32)NC[C@@H](C)NC4=O)n1. The molecular formula is C24H24N4OS. The van der Waals surface area contributed by atoms with E-state index in [4.69, 9.17) is 4.98 Å². The van der Waals surface area contributed by atoms with Gasteiger partial charge >= 0.3 is 0 Å². The second kappa shape index (κ2) is 7.06. The lowest BCUT2D eigenvalue weighted by atomic mass is 10.0. The predicted octanol–water partition coefficient (Wildman–Crippen LogP) is 5.49. The fourth-order valence-electron chi connectivity index (χ4n) is 4.04. The molecule has 4 heterocycles. The third-order valence-corrected chi connectivity index (χ3v) is 6.84. The number of fused-ring (bicyclic) bond motifs is 5. The van der Waals surface area contributed by atoms with Crippen LogP contribution in [0, 0.1) is 6.92 Å². The lowest BCUT2D eigenvalue weighted by Gasteiger charge is -2.11. The van der Waals surface area contributed by atoms with E-state index in [0.29, 0.717) is 12.5 Å². The van der Waals surface area contributed by atoms with Crippen LogP contribution in [-0.2, 0) is 0 Å². The van der Waals surface area contributed by atoms with Gasteiger partial charge in [0, 0.05) is 45.5 Å². The zero-order chi connectivity index (χ0) is 21.0. The van der Waals surface area contributed by atoms with Gasteiger partial charge in [-0.1, -0.05) is 13.8 Å². The molecule has 1 aliphatic heterocycles. The van der Waals surface area contributed by atoms with Crippen molar-refractivity contribution in [1.82, 2.24) is 15.3 Å². The van der Waals surface area contributed by atoms with E-state index in [1.807, 2.05) is 19.2 Å². The maximum atomic E-state index is 12.6. The van der Waals surface area contributed by atoms with Gasteiger partial charge in [0.1, 0.15) is 4.88 Å². The largest absolute Gasteiger partial charge is 0.381 e. The van der Waals surface area contributed by atoms with Gasteiger partial charge in [-0.25, -0.2) is 4.98 Å². The molecule has 5 nitrogen and oxygen atoms in total. The highest BCUT2D eigenvalue weighted by molar-refractivity contribution is 7.21. The highest BCUT2D eigenvalue weighted by Crippen LogP contribution is 2.41. The first kappa shape index (κ1) is 19.0. The number of amides is 1. The molecule has 0 bridgehead atoms. The average molecular weight is 417 g/mol. The number of hydrogen-bond acceptors (Lipinski definition) is 5. The van der Waals surface area contributed by atoms with Crippen LogP contribution in [0.2, 0.25) is 0 Å². The van der Waals surface area contributed by atoms with Crippen molar-refractivity contribution in [3.63, 3.8) is 0 Å². The molecule has 5 rings (SSSR count). The number of carbonyl (C=O) groups is 1. The third-order valence-electron chi connectivity index (χ3n) is 5.69. The van der Waals surface area contributed by atoms with E-state index in [9.17, 15) is 4.79 Å². The van der Waals surface area contributed by atoms with E-state index in [1.54, 1.807) is 0 Å². The van der Waals surface area contributed by atoms with Crippen LogP contribution in [0.5, 0.6) is 0 Å². The van der Waals surface area contributed by atoms with Crippen molar-refractivity contribution in [2.45, 2.75) is 39.7 Å². The Kier molecular flexibility index (Phi) is 4.47. The minimum atomic E-state index is -0.00614. The normalized spacial score (nSPS) is 16.4. The lowest BCUT2D eigenvalue weighted by molar-refractivity contribution is 0.0949. The van der Waals surface area contributed by atoms with Crippen molar-refractivity contribution in [3.8, 4) is 11.3 Å². The van der Waals surface area contributed by atoms with E-state index in [-0.39, 0.29) is 11.9 Å². The van der Waals surface area contributed by atoms with Crippen LogP contribution in [0.15, 0.2) is 36.5 Å². The van der Waals surface area contributed by atoms with Crippen molar-refractivity contribution in [2.75, 3.05) is 11.9 Å². The Morgan fingerprint density at radius 2 is 2.03 bits per heavy atom. The van der Waals surface area contributed by atoms with Crippen LogP contribution in [0.4, 0.5) is 5.69 Å². The molecule has 0 spiro atoms. The topological polar surface area (TPSA) is 66.9 Å². The van der Waals surface area contributed by atoms with Gasteiger partial charge in [0.25, 0.3) is 5.91 Å². The van der Waals surface area contributed by atoms with Crippen LogP contribution in [0.1, 0.15) is 47.6 Å². The van der Waals surface area contributed by atoms with Crippen molar-refractivity contribution in [3.05, 3.63) is 52.7 Å².